The molecule has 4 aromatic rings. The molecular weight excluding hydrogens is 528 g/mol. The van der Waals surface area contributed by atoms with Crippen LogP contribution in [0.25, 0.3) is 11.5 Å². The van der Waals surface area contributed by atoms with E-state index in [0.29, 0.717) is 44.1 Å². The molecule has 0 unspecified atom stereocenters. The van der Waals surface area contributed by atoms with Gasteiger partial charge in [-0.25, -0.2) is 13.4 Å². The first-order chi connectivity index (χ1) is 19.3. The van der Waals surface area contributed by atoms with Crippen LogP contribution < -0.4 is 4.74 Å². The van der Waals surface area contributed by atoms with Crippen LogP contribution in [0.3, 0.4) is 0 Å². The summed E-state index contributed by atoms with van der Waals surface area (Å²) in [6, 6.07) is 22.6. The van der Waals surface area contributed by atoms with Gasteiger partial charge in [-0.3, -0.25) is 4.79 Å². The monoisotopic (exact) mass is 560 g/mol. The van der Waals surface area contributed by atoms with E-state index in [9.17, 15) is 18.3 Å². The second-order valence-corrected chi connectivity index (χ2v) is 11.9. The minimum absolute atomic E-state index is 0.0292. The van der Waals surface area contributed by atoms with E-state index >= 15 is 0 Å². The number of carboxylic acid groups (broad SMARTS) is 1. The third kappa shape index (κ3) is 6.43. The quantitative estimate of drug-likeness (QED) is 0.269. The second kappa shape index (κ2) is 12.1. The van der Waals surface area contributed by atoms with Crippen molar-refractivity contribution in [3.05, 3.63) is 107 Å². The van der Waals surface area contributed by atoms with Crippen molar-refractivity contribution < 1.29 is 27.5 Å². The highest BCUT2D eigenvalue weighted by molar-refractivity contribution is 7.88. The molecule has 0 aliphatic carbocycles. The Morgan fingerprint density at radius 1 is 1.00 bits per heavy atom. The number of oxazole rings is 1. The summed E-state index contributed by atoms with van der Waals surface area (Å²) in [5.74, 6) is 1.04. The summed E-state index contributed by atoms with van der Waals surface area (Å²) >= 11 is 0. The average molecular weight is 561 g/mol. The lowest BCUT2D eigenvalue weighted by Gasteiger charge is -2.31. The van der Waals surface area contributed by atoms with Crippen molar-refractivity contribution >= 4 is 16.0 Å². The lowest BCUT2D eigenvalue weighted by molar-refractivity contribution is -0.136. The fraction of sp³-hybridized carbons (Fsp3) is 0.290. The summed E-state index contributed by atoms with van der Waals surface area (Å²) in [5, 5.41) is 9.26. The number of carbonyl (C=O) groups is 1. The summed E-state index contributed by atoms with van der Waals surface area (Å²) in [7, 11) is -3.56. The number of ether oxygens (including phenoxy) is 1. The van der Waals surface area contributed by atoms with Crippen molar-refractivity contribution in [1.29, 1.82) is 0 Å². The second-order valence-electron chi connectivity index (χ2n) is 9.89. The minimum Gasteiger partial charge on any atom is -0.493 e. The predicted molar refractivity (Wildman–Crippen MR) is 151 cm³/mol. The molecule has 0 amide bonds. The molecule has 1 aromatic heterocycles. The number of rotatable bonds is 11. The molecule has 208 valence electrons. The molecule has 1 N–H and O–H groups in total. The number of carboxylic acids is 1. The van der Waals surface area contributed by atoms with Gasteiger partial charge in [-0.05, 0) is 54.7 Å². The molecule has 0 atom stereocenters. The van der Waals surface area contributed by atoms with Crippen LogP contribution in [-0.4, -0.2) is 41.9 Å². The van der Waals surface area contributed by atoms with Gasteiger partial charge >= 0.3 is 5.97 Å². The molecular formula is C31H32N2O6S. The van der Waals surface area contributed by atoms with E-state index in [0.717, 1.165) is 39.3 Å². The van der Waals surface area contributed by atoms with Crippen molar-refractivity contribution in [1.82, 2.24) is 9.29 Å². The van der Waals surface area contributed by atoms with Gasteiger partial charge in [0, 0.05) is 37.1 Å². The van der Waals surface area contributed by atoms with Crippen LogP contribution in [0, 0.1) is 6.92 Å². The van der Waals surface area contributed by atoms with Gasteiger partial charge < -0.3 is 14.3 Å². The summed E-state index contributed by atoms with van der Waals surface area (Å²) in [4.78, 5) is 15.9. The van der Waals surface area contributed by atoms with E-state index in [1.807, 2.05) is 67.6 Å². The topological polar surface area (TPSA) is 110 Å². The normalized spacial score (nSPS) is 13.6. The van der Waals surface area contributed by atoms with Gasteiger partial charge in [0.05, 0.1) is 18.1 Å². The van der Waals surface area contributed by atoms with Gasteiger partial charge in [0.2, 0.25) is 15.9 Å². The molecule has 0 saturated carbocycles. The number of benzene rings is 3. The Morgan fingerprint density at radius 2 is 1.73 bits per heavy atom. The van der Waals surface area contributed by atoms with Crippen molar-refractivity contribution in [2.24, 2.45) is 0 Å². The minimum atomic E-state index is -3.56. The number of aliphatic carboxylic acids is 1. The summed E-state index contributed by atoms with van der Waals surface area (Å²) in [5.41, 5.74) is 5.08. The SMILES string of the molecule is Cc1oc(-c2ccccc2)nc1CCOc1ccc(CCC(=O)O)c2c1CCN(S(=O)(=O)Cc1ccccc1)C2. The molecule has 8 nitrogen and oxygen atoms in total. The number of fused-ring (bicyclic) bond motifs is 1. The molecule has 3 aromatic carbocycles. The molecule has 5 rings (SSSR count). The third-order valence-electron chi connectivity index (χ3n) is 7.13. The van der Waals surface area contributed by atoms with E-state index in [2.05, 4.69) is 4.98 Å². The van der Waals surface area contributed by atoms with Gasteiger partial charge in [0.25, 0.3) is 0 Å². The van der Waals surface area contributed by atoms with Crippen LogP contribution in [0.5, 0.6) is 5.75 Å². The van der Waals surface area contributed by atoms with E-state index in [4.69, 9.17) is 9.15 Å². The third-order valence-corrected chi connectivity index (χ3v) is 8.93. The molecule has 0 bridgehead atoms. The summed E-state index contributed by atoms with van der Waals surface area (Å²) < 4.78 is 40.1. The molecule has 0 spiro atoms. The van der Waals surface area contributed by atoms with E-state index in [1.54, 1.807) is 12.1 Å². The maximum Gasteiger partial charge on any atom is 0.303 e. The van der Waals surface area contributed by atoms with E-state index < -0.39 is 16.0 Å². The summed E-state index contributed by atoms with van der Waals surface area (Å²) in [6.45, 7) is 2.79. The van der Waals surface area contributed by atoms with Crippen LogP contribution in [0.15, 0.2) is 77.2 Å². The maximum absolute atomic E-state index is 13.3. The highest BCUT2D eigenvalue weighted by Crippen LogP contribution is 2.33. The number of aromatic nitrogens is 1. The predicted octanol–water partition coefficient (Wildman–Crippen LogP) is 5.18. The van der Waals surface area contributed by atoms with Crippen molar-refractivity contribution in [3.63, 3.8) is 0 Å². The Bertz CT molecular complexity index is 1580. The molecule has 0 saturated heterocycles. The zero-order valence-electron chi connectivity index (χ0n) is 22.4. The highest BCUT2D eigenvalue weighted by atomic mass is 32.2. The Kier molecular flexibility index (Phi) is 8.32. The molecule has 2 heterocycles. The number of hydrogen-bond donors (Lipinski definition) is 1. The van der Waals surface area contributed by atoms with Crippen molar-refractivity contribution in [3.8, 4) is 17.2 Å². The molecule has 40 heavy (non-hydrogen) atoms. The Hall–Kier alpha value is -3.95. The largest absolute Gasteiger partial charge is 0.493 e. The molecule has 1 aliphatic rings. The lowest BCUT2D eigenvalue weighted by atomic mass is 9.92. The number of hydrogen-bond acceptors (Lipinski definition) is 6. The zero-order valence-corrected chi connectivity index (χ0v) is 23.2. The number of nitrogens with zero attached hydrogens (tertiary/aromatic N) is 2. The number of sulfonamides is 1. The van der Waals surface area contributed by atoms with Crippen LogP contribution >= 0.6 is 0 Å². The smallest absolute Gasteiger partial charge is 0.303 e. The molecule has 0 fully saturated rings. The number of aryl methyl sites for hydroxylation is 2. The van der Waals surface area contributed by atoms with Crippen LogP contribution in [0.4, 0.5) is 0 Å². The van der Waals surface area contributed by atoms with Gasteiger partial charge in [0.15, 0.2) is 0 Å². The lowest BCUT2D eigenvalue weighted by Crippen LogP contribution is -2.37. The molecule has 9 heteroatoms. The first-order valence-electron chi connectivity index (χ1n) is 13.3. The fourth-order valence-electron chi connectivity index (χ4n) is 5.03. The standard InChI is InChI=1S/C31H32N2O6S/c1-22-28(32-31(39-22)25-10-6-3-7-11-25)17-19-38-29-14-12-24(13-15-30(34)35)27-20-33(18-16-26(27)29)40(36,37)21-23-8-4-2-5-9-23/h2-12,14H,13,15-21H2,1H3,(H,34,35). The van der Waals surface area contributed by atoms with Crippen LogP contribution in [-0.2, 0) is 46.4 Å². The maximum atomic E-state index is 13.3. The fourth-order valence-corrected chi connectivity index (χ4v) is 6.52. The van der Waals surface area contributed by atoms with Gasteiger partial charge in [0.1, 0.15) is 11.5 Å². The average Bonchev–Trinajstić information content (AvgIpc) is 3.33. The van der Waals surface area contributed by atoms with Gasteiger partial charge in [-0.15, -0.1) is 0 Å². The highest BCUT2D eigenvalue weighted by Gasteiger charge is 2.30. The first-order valence-corrected chi connectivity index (χ1v) is 14.9. The van der Waals surface area contributed by atoms with Gasteiger partial charge in [-0.1, -0.05) is 54.6 Å². The Morgan fingerprint density at radius 3 is 2.45 bits per heavy atom. The van der Waals surface area contributed by atoms with Gasteiger partial charge in [-0.2, -0.15) is 4.31 Å². The zero-order chi connectivity index (χ0) is 28.1. The molecule has 0 radical (unpaired) electrons. The van der Waals surface area contributed by atoms with Crippen molar-refractivity contribution in [2.45, 2.75) is 44.9 Å². The Labute approximate surface area is 234 Å². The van der Waals surface area contributed by atoms with Crippen LogP contribution in [0.1, 0.15) is 40.1 Å². The Balaban J connectivity index is 1.33. The summed E-state index contributed by atoms with van der Waals surface area (Å²) in [6.07, 6.45) is 1.33. The van der Waals surface area contributed by atoms with Crippen LogP contribution in [0.2, 0.25) is 0 Å². The van der Waals surface area contributed by atoms with E-state index in [-0.39, 0.29) is 18.7 Å². The molecule has 1 aliphatic heterocycles. The van der Waals surface area contributed by atoms with Crippen molar-refractivity contribution in [2.75, 3.05) is 13.2 Å². The van der Waals surface area contributed by atoms with E-state index in [1.165, 1.54) is 4.31 Å². The first kappa shape index (κ1) is 27.6.